The van der Waals surface area contributed by atoms with Gasteiger partial charge in [0.15, 0.2) is 5.16 Å². The molecule has 0 aliphatic heterocycles. The largest absolute Gasteiger partial charge is 0.231 e. The molecule has 0 aromatic carbocycles. The van der Waals surface area contributed by atoms with Gasteiger partial charge in [-0.25, -0.2) is 9.97 Å². The zero-order valence-corrected chi connectivity index (χ0v) is 9.97. The Morgan fingerprint density at radius 2 is 2.21 bits per heavy atom. The van der Waals surface area contributed by atoms with E-state index in [1.54, 1.807) is 11.8 Å². The molecule has 1 aromatic heterocycles. The van der Waals surface area contributed by atoms with E-state index >= 15 is 0 Å². The summed E-state index contributed by atoms with van der Waals surface area (Å²) in [5.74, 6) is 1.76. The third kappa shape index (κ3) is 4.09. The summed E-state index contributed by atoms with van der Waals surface area (Å²) >= 11 is 1.74. The van der Waals surface area contributed by atoms with E-state index in [0.29, 0.717) is 5.92 Å². The maximum atomic E-state index is 4.50. The van der Waals surface area contributed by atoms with Crippen molar-refractivity contribution in [1.29, 1.82) is 0 Å². The fourth-order valence-electron chi connectivity index (χ4n) is 1.17. The van der Waals surface area contributed by atoms with Gasteiger partial charge in [0, 0.05) is 17.6 Å². The molecule has 1 aromatic rings. The zero-order valence-electron chi connectivity index (χ0n) is 9.16. The lowest BCUT2D eigenvalue weighted by molar-refractivity contribution is 0.627. The topological polar surface area (TPSA) is 25.8 Å². The quantitative estimate of drug-likeness (QED) is 0.551. The van der Waals surface area contributed by atoms with Crippen LogP contribution in [-0.4, -0.2) is 15.7 Å². The highest BCUT2D eigenvalue weighted by Crippen LogP contribution is 2.14. The number of thioether (sulfide) groups is 1. The van der Waals surface area contributed by atoms with Gasteiger partial charge < -0.3 is 0 Å². The van der Waals surface area contributed by atoms with Crippen LogP contribution in [0.25, 0.3) is 0 Å². The van der Waals surface area contributed by atoms with Gasteiger partial charge in [-0.1, -0.05) is 32.5 Å². The zero-order chi connectivity index (χ0) is 10.4. The Morgan fingerprint density at radius 3 is 2.86 bits per heavy atom. The normalized spacial score (nSPS) is 10.9. The Morgan fingerprint density at radius 1 is 1.43 bits per heavy atom. The molecule has 0 bridgehead atoms. The minimum absolute atomic E-state index is 0.661. The van der Waals surface area contributed by atoms with Crippen molar-refractivity contribution in [1.82, 2.24) is 9.97 Å². The van der Waals surface area contributed by atoms with Gasteiger partial charge >= 0.3 is 0 Å². The second-order valence-electron chi connectivity index (χ2n) is 3.78. The van der Waals surface area contributed by atoms with Gasteiger partial charge in [-0.05, 0) is 24.8 Å². The Hall–Kier alpha value is -0.570. The van der Waals surface area contributed by atoms with Crippen LogP contribution in [0.4, 0.5) is 0 Å². The molecule has 0 spiro atoms. The standard InChI is InChI=1S/C11H18N2S/c1-4-7-14-11-12-6-5-10(13-11)8-9(2)3/h5-6,9H,4,7-8H2,1-3H3. The predicted octanol–water partition coefficient (Wildman–Crippen LogP) is 3.18. The fraction of sp³-hybridized carbons (Fsp3) is 0.636. The summed E-state index contributed by atoms with van der Waals surface area (Å²) in [6.07, 6.45) is 4.08. The average molecular weight is 210 g/mol. The first-order valence-electron chi connectivity index (χ1n) is 5.17. The maximum absolute atomic E-state index is 4.50. The maximum Gasteiger partial charge on any atom is 0.187 e. The highest BCUT2D eigenvalue weighted by atomic mass is 32.2. The molecule has 0 unspecified atom stereocenters. The van der Waals surface area contributed by atoms with Crippen LogP contribution in [-0.2, 0) is 6.42 Å². The van der Waals surface area contributed by atoms with Crippen LogP contribution in [0.3, 0.4) is 0 Å². The molecule has 0 N–H and O–H groups in total. The summed E-state index contributed by atoms with van der Waals surface area (Å²) < 4.78 is 0. The van der Waals surface area contributed by atoms with Crippen molar-refractivity contribution in [3.05, 3.63) is 18.0 Å². The summed E-state index contributed by atoms with van der Waals surface area (Å²) in [6, 6.07) is 2.01. The third-order valence-corrected chi connectivity index (χ3v) is 2.81. The molecule has 2 nitrogen and oxygen atoms in total. The molecular weight excluding hydrogens is 192 g/mol. The molecule has 1 heterocycles. The van der Waals surface area contributed by atoms with Crippen LogP contribution in [0, 0.1) is 5.92 Å². The van der Waals surface area contributed by atoms with E-state index < -0.39 is 0 Å². The van der Waals surface area contributed by atoms with Crippen LogP contribution in [0.1, 0.15) is 32.9 Å². The number of hydrogen-bond donors (Lipinski definition) is 0. The number of rotatable bonds is 5. The highest BCUT2D eigenvalue weighted by Gasteiger charge is 2.01. The molecule has 0 radical (unpaired) electrons. The van der Waals surface area contributed by atoms with E-state index in [1.165, 1.54) is 6.42 Å². The molecule has 0 aliphatic carbocycles. The first-order valence-corrected chi connectivity index (χ1v) is 6.15. The lowest BCUT2D eigenvalue weighted by atomic mass is 10.1. The summed E-state index contributed by atoms with van der Waals surface area (Å²) in [5, 5.41) is 0.921. The second kappa shape index (κ2) is 6.02. The van der Waals surface area contributed by atoms with Crippen molar-refractivity contribution >= 4 is 11.8 Å². The van der Waals surface area contributed by atoms with Gasteiger partial charge in [-0.2, -0.15) is 0 Å². The lowest BCUT2D eigenvalue weighted by Crippen LogP contribution is -1.99. The first kappa shape index (κ1) is 11.5. The van der Waals surface area contributed by atoms with Crippen molar-refractivity contribution in [2.24, 2.45) is 5.92 Å². The van der Waals surface area contributed by atoms with Crippen molar-refractivity contribution in [2.45, 2.75) is 38.8 Å². The average Bonchev–Trinajstić information content (AvgIpc) is 2.14. The molecule has 1 rings (SSSR count). The molecule has 0 aliphatic rings. The van der Waals surface area contributed by atoms with E-state index in [1.807, 2.05) is 12.3 Å². The monoisotopic (exact) mass is 210 g/mol. The summed E-state index contributed by atoms with van der Waals surface area (Å²) in [5.41, 5.74) is 1.16. The predicted molar refractivity (Wildman–Crippen MR) is 61.6 cm³/mol. The Kier molecular flexibility index (Phi) is 4.94. The molecule has 0 saturated carbocycles. The molecule has 14 heavy (non-hydrogen) atoms. The minimum Gasteiger partial charge on any atom is -0.231 e. The van der Waals surface area contributed by atoms with E-state index in [-0.39, 0.29) is 0 Å². The molecule has 0 amide bonds. The van der Waals surface area contributed by atoms with E-state index in [4.69, 9.17) is 0 Å². The Labute approximate surface area is 90.5 Å². The van der Waals surface area contributed by atoms with E-state index in [2.05, 4.69) is 30.7 Å². The van der Waals surface area contributed by atoms with Gasteiger partial charge in [-0.3, -0.25) is 0 Å². The molecule has 3 heteroatoms. The van der Waals surface area contributed by atoms with Gasteiger partial charge in [0.2, 0.25) is 0 Å². The molecule has 0 atom stereocenters. The summed E-state index contributed by atoms with van der Waals surface area (Å²) in [6.45, 7) is 6.59. The second-order valence-corrected chi connectivity index (χ2v) is 4.84. The van der Waals surface area contributed by atoms with Crippen LogP contribution in [0.15, 0.2) is 17.4 Å². The smallest absolute Gasteiger partial charge is 0.187 e. The minimum atomic E-state index is 0.661. The highest BCUT2D eigenvalue weighted by molar-refractivity contribution is 7.99. The third-order valence-electron chi connectivity index (χ3n) is 1.74. The fourth-order valence-corrected chi connectivity index (χ4v) is 1.87. The molecule has 78 valence electrons. The molecule has 0 saturated heterocycles. The summed E-state index contributed by atoms with van der Waals surface area (Å²) in [4.78, 5) is 8.74. The number of aromatic nitrogens is 2. The van der Waals surface area contributed by atoms with Crippen molar-refractivity contribution in [2.75, 3.05) is 5.75 Å². The molecular formula is C11H18N2S. The lowest BCUT2D eigenvalue weighted by Gasteiger charge is -2.04. The van der Waals surface area contributed by atoms with Crippen molar-refractivity contribution in [3.63, 3.8) is 0 Å². The van der Waals surface area contributed by atoms with Gasteiger partial charge in [0.25, 0.3) is 0 Å². The van der Waals surface area contributed by atoms with Gasteiger partial charge in [0.1, 0.15) is 0 Å². The first-order chi connectivity index (χ1) is 6.72. The number of hydrogen-bond acceptors (Lipinski definition) is 3. The van der Waals surface area contributed by atoms with E-state index in [0.717, 1.165) is 23.0 Å². The van der Waals surface area contributed by atoms with Crippen LogP contribution in [0.5, 0.6) is 0 Å². The van der Waals surface area contributed by atoms with Crippen LogP contribution >= 0.6 is 11.8 Å². The van der Waals surface area contributed by atoms with Crippen molar-refractivity contribution < 1.29 is 0 Å². The summed E-state index contributed by atoms with van der Waals surface area (Å²) in [7, 11) is 0. The van der Waals surface area contributed by atoms with Gasteiger partial charge in [0.05, 0.1) is 0 Å². The Bertz CT molecular complexity index is 274. The molecule has 0 fully saturated rings. The van der Waals surface area contributed by atoms with Crippen molar-refractivity contribution in [3.8, 4) is 0 Å². The van der Waals surface area contributed by atoms with Crippen LogP contribution < -0.4 is 0 Å². The van der Waals surface area contributed by atoms with Gasteiger partial charge in [-0.15, -0.1) is 0 Å². The Balaban J connectivity index is 2.59. The number of nitrogens with zero attached hydrogens (tertiary/aromatic N) is 2. The van der Waals surface area contributed by atoms with Crippen LogP contribution in [0.2, 0.25) is 0 Å². The van der Waals surface area contributed by atoms with E-state index in [9.17, 15) is 0 Å². The SMILES string of the molecule is CCCSc1nccc(CC(C)C)n1.